The molecule has 2 N–H and O–H groups in total. The Morgan fingerprint density at radius 2 is 2.33 bits per heavy atom. The monoisotopic (exact) mass is 266 g/mol. The summed E-state index contributed by atoms with van der Waals surface area (Å²) in [5, 5.41) is 5.33. The molecule has 0 aromatic carbocycles. The van der Waals surface area contributed by atoms with Gasteiger partial charge in [0.2, 0.25) is 5.12 Å². The highest BCUT2D eigenvalue weighted by Crippen LogP contribution is 2.30. The molecule has 0 saturated heterocycles. The molecule has 2 rings (SSSR count). The molecule has 1 atom stereocenters. The number of hydrogen-bond acceptors (Lipinski definition) is 4. The van der Waals surface area contributed by atoms with Gasteiger partial charge in [0.1, 0.15) is 0 Å². The van der Waals surface area contributed by atoms with Crippen molar-refractivity contribution >= 4 is 22.9 Å². The molecule has 0 radical (unpaired) electrons. The Morgan fingerprint density at radius 3 is 2.94 bits per heavy atom. The maximum absolute atomic E-state index is 12.1. The third-order valence-corrected chi connectivity index (χ3v) is 3.41. The minimum absolute atomic E-state index is 0.0336. The van der Waals surface area contributed by atoms with Gasteiger partial charge in [0.05, 0.1) is 24.1 Å². The normalized spacial score (nSPS) is 19.4. The minimum atomic E-state index is -0.441. The Bertz CT molecular complexity index is 493. The maximum atomic E-state index is 12.1. The second kappa shape index (κ2) is 5.30. The summed E-state index contributed by atoms with van der Waals surface area (Å²) in [5.74, 6) is 0.696. The van der Waals surface area contributed by atoms with E-state index in [0.717, 1.165) is 5.56 Å². The predicted molar refractivity (Wildman–Crippen MR) is 69.0 cm³/mol. The molecule has 2 heterocycles. The average molecular weight is 266 g/mol. The number of amides is 2. The zero-order valence-corrected chi connectivity index (χ0v) is 11.0. The van der Waals surface area contributed by atoms with E-state index in [1.54, 1.807) is 13.0 Å². The number of urea groups is 1. The van der Waals surface area contributed by atoms with Gasteiger partial charge in [0.15, 0.2) is 0 Å². The third-order valence-electron chi connectivity index (χ3n) is 2.64. The molecular weight excluding hydrogens is 252 g/mol. The van der Waals surface area contributed by atoms with Gasteiger partial charge in [-0.15, -0.1) is 0 Å². The Kier molecular flexibility index (Phi) is 3.76. The van der Waals surface area contributed by atoms with E-state index in [9.17, 15) is 9.59 Å². The van der Waals surface area contributed by atoms with Crippen LogP contribution in [0.15, 0.2) is 34.3 Å². The molecule has 6 heteroatoms. The van der Waals surface area contributed by atoms with Crippen molar-refractivity contribution in [3.63, 3.8) is 0 Å². The highest BCUT2D eigenvalue weighted by molar-refractivity contribution is 8.14. The molecule has 0 bridgehead atoms. The summed E-state index contributed by atoms with van der Waals surface area (Å²) < 4.78 is 5.01. The smallest absolute Gasteiger partial charge is 0.319 e. The van der Waals surface area contributed by atoms with Crippen LogP contribution in [0.1, 0.15) is 25.5 Å². The van der Waals surface area contributed by atoms with Crippen LogP contribution in [-0.2, 0) is 4.79 Å². The number of allylic oxidation sites excluding steroid dienone is 1. The SMILES string of the molecule is CCSC(=O)C1=C(C)NC(=O)NC1c1ccoc1. The lowest BCUT2D eigenvalue weighted by Gasteiger charge is -2.27. The van der Waals surface area contributed by atoms with E-state index in [-0.39, 0.29) is 11.1 Å². The van der Waals surface area contributed by atoms with Gasteiger partial charge >= 0.3 is 6.03 Å². The lowest BCUT2D eigenvalue weighted by molar-refractivity contribution is -0.108. The fraction of sp³-hybridized carbons (Fsp3) is 0.333. The predicted octanol–water partition coefficient (Wildman–Crippen LogP) is 2.19. The molecule has 1 aliphatic heterocycles. The van der Waals surface area contributed by atoms with Crippen LogP contribution in [0.4, 0.5) is 4.79 Å². The van der Waals surface area contributed by atoms with Gasteiger partial charge < -0.3 is 15.1 Å². The third kappa shape index (κ3) is 2.43. The number of hydrogen-bond donors (Lipinski definition) is 2. The number of carbonyl (C=O) groups excluding carboxylic acids is 2. The van der Waals surface area contributed by atoms with Crippen molar-refractivity contribution in [2.45, 2.75) is 19.9 Å². The molecule has 5 nitrogen and oxygen atoms in total. The number of furan rings is 1. The fourth-order valence-electron chi connectivity index (χ4n) is 1.86. The quantitative estimate of drug-likeness (QED) is 0.879. The summed E-state index contributed by atoms with van der Waals surface area (Å²) in [6, 6.07) is 0.994. The van der Waals surface area contributed by atoms with E-state index in [0.29, 0.717) is 17.0 Å². The Morgan fingerprint density at radius 1 is 1.56 bits per heavy atom. The van der Waals surface area contributed by atoms with E-state index < -0.39 is 6.04 Å². The first kappa shape index (κ1) is 12.8. The molecule has 0 aliphatic carbocycles. The Balaban J connectivity index is 2.38. The summed E-state index contributed by atoms with van der Waals surface area (Å²) in [7, 11) is 0. The molecule has 0 spiro atoms. The lowest BCUT2D eigenvalue weighted by Crippen LogP contribution is -2.44. The highest BCUT2D eigenvalue weighted by Gasteiger charge is 2.31. The van der Waals surface area contributed by atoms with Gasteiger partial charge in [-0.3, -0.25) is 4.79 Å². The second-order valence-corrected chi connectivity index (χ2v) is 5.08. The van der Waals surface area contributed by atoms with Gasteiger partial charge in [-0.25, -0.2) is 4.79 Å². The zero-order valence-electron chi connectivity index (χ0n) is 10.1. The topological polar surface area (TPSA) is 71.3 Å². The first-order valence-corrected chi connectivity index (χ1v) is 6.59. The van der Waals surface area contributed by atoms with Gasteiger partial charge in [0.25, 0.3) is 0 Å². The first-order valence-electron chi connectivity index (χ1n) is 5.61. The van der Waals surface area contributed by atoms with Gasteiger partial charge in [0, 0.05) is 11.3 Å². The summed E-state index contributed by atoms with van der Waals surface area (Å²) in [6.45, 7) is 3.65. The second-order valence-electron chi connectivity index (χ2n) is 3.85. The van der Waals surface area contributed by atoms with Crippen molar-refractivity contribution in [2.24, 2.45) is 0 Å². The Labute approximate surface area is 109 Å². The standard InChI is InChI=1S/C12H14N2O3S/c1-3-18-11(15)9-7(2)13-12(16)14-10(9)8-4-5-17-6-8/h4-6,10H,3H2,1-2H3,(H2,13,14,16). The van der Waals surface area contributed by atoms with Gasteiger partial charge in [-0.2, -0.15) is 0 Å². The van der Waals surface area contributed by atoms with Crippen molar-refractivity contribution in [3.8, 4) is 0 Å². The summed E-state index contributed by atoms with van der Waals surface area (Å²) in [6.07, 6.45) is 3.06. The zero-order chi connectivity index (χ0) is 13.1. The number of thioether (sulfide) groups is 1. The van der Waals surface area contributed by atoms with Crippen LogP contribution >= 0.6 is 11.8 Å². The summed E-state index contributed by atoms with van der Waals surface area (Å²) >= 11 is 1.23. The minimum Gasteiger partial charge on any atom is -0.472 e. The summed E-state index contributed by atoms with van der Waals surface area (Å²) in [5.41, 5.74) is 1.93. The highest BCUT2D eigenvalue weighted by atomic mass is 32.2. The fourth-order valence-corrected chi connectivity index (χ4v) is 2.55. The van der Waals surface area contributed by atoms with Crippen LogP contribution in [0.5, 0.6) is 0 Å². The van der Waals surface area contributed by atoms with Crippen molar-refractivity contribution in [1.82, 2.24) is 10.6 Å². The Hall–Kier alpha value is -1.69. The van der Waals surface area contributed by atoms with E-state index in [1.807, 2.05) is 6.92 Å². The van der Waals surface area contributed by atoms with Gasteiger partial charge in [-0.05, 0) is 18.7 Å². The molecule has 0 saturated carbocycles. The van der Waals surface area contributed by atoms with Crippen molar-refractivity contribution in [2.75, 3.05) is 5.75 Å². The maximum Gasteiger partial charge on any atom is 0.319 e. The van der Waals surface area contributed by atoms with Crippen LogP contribution in [0.25, 0.3) is 0 Å². The lowest BCUT2D eigenvalue weighted by atomic mass is 9.99. The molecule has 96 valence electrons. The molecule has 1 unspecified atom stereocenters. The van der Waals surface area contributed by atoms with Crippen LogP contribution in [-0.4, -0.2) is 16.9 Å². The molecule has 18 heavy (non-hydrogen) atoms. The van der Waals surface area contributed by atoms with E-state index in [2.05, 4.69) is 10.6 Å². The molecule has 1 aliphatic rings. The van der Waals surface area contributed by atoms with Crippen molar-refractivity contribution in [1.29, 1.82) is 0 Å². The molecular formula is C12H14N2O3S. The van der Waals surface area contributed by atoms with E-state index in [4.69, 9.17) is 4.42 Å². The molecule has 1 aromatic rings. The van der Waals surface area contributed by atoms with Crippen LogP contribution in [0.2, 0.25) is 0 Å². The first-order chi connectivity index (χ1) is 8.63. The van der Waals surface area contributed by atoms with Crippen LogP contribution < -0.4 is 10.6 Å². The summed E-state index contributed by atoms with van der Waals surface area (Å²) in [4.78, 5) is 23.6. The number of nitrogens with one attached hydrogen (secondary N) is 2. The van der Waals surface area contributed by atoms with Gasteiger partial charge in [-0.1, -0.05) is 18.7 Å². The van der Waals surface area contributed by atoms with Crippen molar-refractivity contribution in [3.05, 3.63) is 35.4 Å². The van der Waals surface area contributed by atoms with E-state index >= 15 is 0 Å². The number of rotatable bonds is 3. The van der Waals surface area contributed by atoms with E-state index in [1.165, 1.54) is 24.3 Å². The molecule has 1 aromatic heterocycles. The van der Waals surface area contributed by atoms with Crippen LogP contribution in [0, 0.1) is 0 Å². The largest absolute Gasteiger partial charge is 0.472 e. The molecule has 0 fully saturated rings. The molecule has 2 amide bonds. The van der Waals surface area contributed by atoms with Crippen LogP contribution in [0.3, 0.4) is 0 Å². The van der Waals surface area contributed by atoms with Crippen molar-refractivity contribution < 1.29 is 14.0 Å². The average Bonchev–Trinajstić information content (AvgIpc) is 2.81. The number of carbonyl (C=O) groups is 2.